The van der Waals surface area contributed by atoms with Crippen LogP contribution >= 0.6 is 27.3 Å². The summed E-state index contributed by atoms with van der Waals surface area (Å²) in [6.45, 7) is 8.17. The molecule has 2 rings (SSSR count). The maximum atomic E-state index is 3.80. The Bertz CT molecular complexity index is 380. The number of hydrogen-bond donors (Lipinski definition) is 1. The summed E-state index contributed by atoms with van der Waals surface area (Å²) >= 11 is 5.45. The van der Waals surface area contributed by atoms with Gasteiger partial charge in [0, 0.05) is 21.9 Å². The van der Waals surface area contributed by atoms with E-state index in [1.807, 2.05) is 11.3 Å². The predicted molar refractivity (Wildman–Crippen MR) is 84.1 cm³/mol. The highest BCUT2D eigenvalue weighted by molar-refractivity contribution is 9.10. The zero-order chi connectivity index (χ0) is 13.2. The molecule has 1 aromatic heterocycles. The van der Waals surface area contributed by atoms with Gasteiger partial charge in [-0.3, -0.25) is 0 Å². The van der Waals surface area contributed by atoms with E-state index in [2.05, 4.69) is 53.5 Å². The average molecular weight is 330 g/mol. The summed E-state index contributed by atoms with van der Waals surface area (Å²) < 4.78 is 1.25. The largest absolute Gasteiger partial charge is 0.309 e. The van der Waals surface area contributed by atoms with Gasteiger partial charge in [0.05, 0.1) is 0 Å². The first-order valence-corrected chi connectivity index (χ1v) is 8.61. The molecule has 1 N–H and O–H groups in total. The molecule has 18 heavy (non-hydrogen) atoms. The van der Waals surface area contributed by atoms with Crippen LogP contribution in [0.2, 0.25) is 0 Å². The molecular formula is C15H24BrNS. The van der Waals surface area contributed by atoms with Crippen molar-refractivity contribution in [3.8, 4) is 0 Å². The van der Waals surface area contributed by atoms with Crippen LogP contribution in [0, 0.1) is 11.3 Å². The van der Waals surface area contributed by atoms with Gasteiger partial charge in [0.2, 0.25) is 0 Å². The lowest BCUT2D eigenvalue weighted by Gasteiger charge is -2.41. The molecule has 1 heterocycles. The molecule has 0 aromatic carbocycles. The molecule has 0 amide bonds. The van der Waals surface area contributed by atoms with Crippen LogP contribution in [0.3, 0.4) is 0 Å². The third kappa shape index (κ3) is 3.58. The van der Waals surface area contributed by atoms with Crippen LogP contribution in [-0.2, 0) is 6.54 Å². The molecule has 102 valence electrons. The summed E-state index contributed by atoms with van der Waals surface area (Å²) in [4.78, 5) is 1.42. The van der Waals surface area contributed by atoms with E-state index in [0.717, 1.165) is 12.5 Å². The summed E-state index contributed by atoms with van der Waals surface area (Å²) in [6, 6.07) is 2.83. The lowest BCUT2D eigenvalue weighted by molar-refractivity contribution is 0.130. The second-order valence-corrected chi connectivity index (χ2v) is 8.29. The molecule has 0 radical (unpaired) electrons. The van der Waals surface area contributed by atoms with Crippen molar-refractivity contribution in [3.05, 3.63) is 20.8 Å². The Labute approximate surface area is 123 Å². The van der Waals surface area contributed by atoms with E-state index in [1.165, 1.54) is 35.0 Å². The number of halogens is 1. The molecule has 0 spiro atoms. The van der Waals surface area contributed by atoms with Crippen LogP contribution < -0.4 is 5.32 Å². The molecule has 0 bridgehead atoms. The van der Waals surface area contributed by atoms with Crippen LogP contribution in [0.5, 0.6) is 0 Å². The summed E-state index contributed by atoms with van der Waals surface area (Å²) in [6.07, 6.45) is 5.51. The SMILES string of the molecule is CC(C)(C)C1CCCCC1NCc1sccc1Br. The van der Waals surface area contributed by atoms with E-state index >= 15 is 0 Å². The van der Waals surface area contributed by atoms with Crippen LogP contribution in [0.4, 0.5) is 0 Å². The van der Waals surface area contributed by atoms with Crippen molar-refractivity contribution in [1.82, 2.24) is 5.32 Å². The fourth-order valence-corrected chi connectivity index (χ4v) is 4.53. The molecule has 0 saturated heterocycles. The maximum Gasteiger partial charge on any atom is 0.0327 e. The maximum absolute atomic E-state index is 3.80. The Morgan fingerprint density at radius 2 is 2.06 bits per heavy atom. The Morgan fingerprint density at radius 3 is 2.67 bits per heavy atom. The third-order valence-corrected chi connectivity index (χ3v) is 6.02. The van der Waals surface area contributed by atoms with E-state index in [4.69, 9.17) is 0 Å². The van der Waals surface area contributed by atoms with Gasteiger partial charge in [0.1, 0.15) is 0 Å². The first-order valence-electron chi connectivity index (χ1n) is 6.94. The van der Waals surface area contributed by atoms with E-state index in [9.17, 15) is 0 Å². The lowest BCUT2D eigenvalue weighted by Crippen LogP contribution is -2.43. The van der Waals surface area contributed by atoms with Crippen molar-refractivity contribution in [2.45, 2.75) is 59.0 Å². The second kappa shape index (κ2) is 6.06. The zero-order valence-electron chi connectivity index (χ0n) is 11.6. The van der Waals surface area contributed by atoms with Crippen LogP contribution in [0.15, 0.2) is 15.9 Å². The second-order valence-electron chi connectivity index (χ2n) is 6.44. The molecule has 3 heteroatoms. The summed E-state index contributed by atoms with van der Waals surface area (Å²) in [5.41, 5.74) is 0.421. The highest BCUT2D eigenvalue weighted by Gasteiger charge is 2.33. The van der Waals surface area contributed by atoms with Gasteiger partial charge in [-0.2, -0.15) is 0 Å². The Kier molecular flexibility index (Phi) is 4.90. The molecule has 1 aliphatic rings. The van der Waals surface area contributed by atoms with Crippen LogP contribution in [0.25, 0.3) is 0 Å². The Balaban J connectivity index is 1.96. The van der Waals surface area contributed by atoms with E-state index in [-0.39, 0.29) is 0 Å². The van der Waals surface area contributed by atoms with Crippen molar-refractivity contribution in [2.75, 3.05) is 0 Å². The molecule has 1 aliphatic carbocycles. The van der Waals surface area contributed by atoms with Crippen LogP contribution in [0.1, 0.15) is 51.3 Å². The minimum atomic E-state index is 0.421. The van der Waals surface area contributed by atoms with Crippen molar-refractivity contribution >= 4 is 27.3 Å². The van der Waals surface area contributed by atoms with Gasteiger partial charge in [-0.15, -0.1) is 11.3 Å². The van der Waals surface area contributed by atoms with E-state index < -0.39 is 0 Å². The van der Waals surface area contributed by atoms with Gasteiger partial charge >= 0.3 is 0 Å². The highest BCUT2D eigenvalue weighted by Crippen LogP contribution is 2.38. The fraction of sp³-hybridized carbons (Fsp3) is 0.733. The Morgan fingerprint density at radius 1 is 1.33 bits per heavy atom. The first kappa shape index (κ1) is 14.5. The van der Waals surface area contributed by atoms with Crippen molar-refractivity contribution < 1.29 is 0 Å². The normalized spacial score (nSPS) is 25.3. The number of hydrogen-bond acceptors (Lipinski definition) is 2. The number of thiophene rings is 1. The van der Waals surface area contributed by atoms with Crippen LogP contribution in [-0.4, -0.2) is 6.04 Å². The van der Waals surface area contributed by atoms with E-state index in [0.29, 0.717) is 11.5 Å². The smallest absolute Gasteiger partial charge is 0.0327 e. The predicted octanol–water partition coefficient (Wildman–Crippen LogP) is 5.21. The minimum Gasteiger partial charge on any atom is -0.309 e. The molecule has 0 aliphatic heterocycles. The Hall–Kier alpha value is 0.140. The van der Waals surface area contributed by atoms with Crippen molar-refractivity contribution in [2.24, 2.45) is 11.3 Å². The van der Waals surface area contributed by atoms with Crippen molar-refractivity contribution in [3.63, 3.8) is 0 Å². The highest BCUT2D eigenvalue weighted by atomic mass is 79.9. The summed E-state index contributed by atoms with van der Waals surface area (Å²) in [7, 11) is 0. The third-order valence-electron chi connectivity index (χ3n) is 4.09. The van der Waals surface area contributed by atoms with Crippen molar-refractivity contribution in [1.29, 1.82) is 0 Å². The zero-order valence-corrected chi connectivity index (χ0v) is 14.0. The number of rotatable bonds is 3. The summed E-state index contributed by atoms with van der Waals surface area (Å²) in [5.74, 6) is 0.810. The average Bonchev–Trinajstić information content (AvgIpc) is 2.71. The molecule has 1 nitrogen and oxygen atoms in total. The minimum absolute atomic E-state index is 0.421. The first-order chi connectivity index (χ1) is 8.48. The molecule has 1 saturated carbocycles. The van der Waals surface area contributed by atoms with E-state index in [1.54, 1.807) is 0 Å². The van der Waals surface area contributed by atoms with Gasteiger partial charge < -0.3 is 5.32 Å². The number of nitrogens with one attached hydrogen (secondary N) is 1. The summed E-state index contributed by atoms with van der Waals surface area (Å²) in [5, 5.41) is 5.96. The monoisotopic (exact) mass is 329 g/mol. The lowest BCUT2D eigenvalue weighted by atomic mass is 9.69. The van der Waals surface area contributed by atoms with Gasteiger partial charge in [0.25, 0.3) is 0 Å². The molecular weight excluding hydrogens is 306 g/mol. The van der Waals surface area contributed by atoms with Gasteiger partial charge in [0.15, 0.2) is 0 Å². The molecule has 2 atom stereocenters. The van der Waals surface area contributed by atoms with Gasteiger partial charge in [-0.05, 0) is 51.6 Å². The molecule has 1 aromatic rings. The molecule has 2 unspecified atom stereocenters. The quantitative estimate of drug-likeness (QED) is 0.803. The standard InChI is InChI=1S/C15H24BrNS/c1-15(2,3)11-6-4-5-7-13(11)17-10-14-12(16)8-9-18-14/h8-9,11,13,17H,4-7,10H2,1-3H3. The molecule has 1 fully saturated rings. The fourth-order valence-electron chi connectivity index (χ4n) is 3.09. The van der Waals surface area contributed by atoms with Gasteiger partial charge in [-0.1, -0.05) is 33.6 Å². The topological polar surface area (TPSA) is 12.0 Å². The van der Waals surface area contributed by atoms with Gasteiger partial charge in [-0.25, -0.2) is 0 Å².